The first-order valence-corrected chi connectivity index (χ1v) is 11.3. The highest BCUT2D eigenvalue weighted by Gasteiger charge is 2.31. The van der Waals surface area contributed by atoms with Gasteiger partial charge in [0.15, 0.2) is 5.75 Å². The van der Waals surface area contributed by atoms with E-state index >= 15 is 0 Å². The Morgan fingerprint density at radius 1 is 1.53 bits per heavy atom. The van der Waals surface area contributed by atoms with Gasteiger partial charge in [-0.25, -0.2) is 16.4 Å². The maximum Gasteiger partial charge on any atom is 0.410 e. The molecular weight excluding hydrogens is 502 g/mol. The Kier molecular flexibility index (Phi) is 7.64. The second-order valence-corrected chi connectivity index (χ2v) is 9.79. The Hall–Kier alpha value is -2.35. The maximum absolute atomic E-state index is 12.3. The van der Waals surface area contributed by atoms with Gasteiger partial charge in [0.05, 0.1) is 16.9 Å². The number of likely N-dealkylation sites (tertiary alicyclic amines) is 1. The minimum Gasteiger partial charge on any atom is -0.489 e. The molecule has 0 aliphatic carbocycles. The van der Waals surface area contributed by atoms with Crippen LogP contribution in [0.4, 0.5) is 4.79 Å². The summed E-state index contributed by atoms with van der Waals surface area (Å²) in [6, 6.07) is 1.33. The van der Waals surface area contributed by atoms with Crippen LogP contribution in [0, 0.1) is 6.57 Å². The molecule has 1 aliphatic heterocycles. The largest absolute Gasteiger partial charge is 0.489 e. The minimum atomic E-state index is -0.554. The average molecular weight is 527 g/mol. The second kappa shape index (κ2) is 10.1. The number of hydrogen-bond acceptors (Lipinski definition) is 6. The molecule has 0 spiro atoms. The van der Waals surface area contributed by atoms with Crippen molar-refractivity contribution in [2.75, 3.05) is 26.2 Å². The predicted octanol–water partition coefficient (Wildman–Crippen LogP) is 3.60. The number of aromatic amines is 1. The van der Waals surface area contributed by atoms with Crippen LogP contribution in [0.1, 0.15) is 27.2 Å². The third kappa shape index (κ3) is 5.91. The molecule has 2 N–H and O–H groups in total. The van der Waals surface area contributed by atoms with Crippen molar-refractivity contribution in [3.8, 4) is 5.75 Å². The van der Waals surface area contributed by atoms with E-state index in [4.69, 9.17) is 27.6 Å². The van der Waals surface area contributed by atoms with Crippen molar-refractivity contribution in [2.24, 2.45) is 0 Å². The van der Waals surface area contributed by atoms with E-state index in [1.807, 2.05) is 20.8 Å². The van der Waals surface area contributed by atoms with Crippen LogP contribution < -0.4 is 15.6 Å². The molecule has 1 unspecified atom stereocenters. The summed E-state index contributed by atoms with van der Waals surface area (Å²) >= 11 is 9.75. The zero-order chi connectivity index (χ0) is 23.5. The summed E-state index contributed by atoms with van der Waals surface area (Å²) in [5.74, 6) is 0.212. The van der Waals surface area contributed by atoms with Crippen LogP contribution in [0.5, 0.6) is 5.75 Å². The fourth-order valence-corrected chi connectivity index (χ4v) is 4.05. The van der Waals surface area contributed by atoms with Gasteiger partial charge < -0.3 is 24.2 Å². The molecule has 1 saturated heterocycles. The number of halogens is 2. The quantitative estimate of drug-likeness (QED) is 0.558. The number of aromatic nitrogens is 2. The predicted molar refractivity (Wildman–Crippen MR) is 125 cm³/mol. The van der Waals surface area contributed by atoms with E-state index in [0.717, 1.165) is 6.42 Å². The van der Waals surface area contributed by atoms with Crippen LogP contribution in [0.2, 0.25) is 5.02 Å². The van der Waals surface area contributed by atoms with E-state index in [1.54, 1.807) is 11.0 Å². The van der Waals surface area contributed by atoms with Crippen LogP contribution in [-0.2, 0) is 4.74 Å². The lowest BCUT2D eigenvalue weighted by Gasteiger charge is -2.25. The van der Waals surface area contributed by atoms with Crippen LogP contribution in [0.3, 0.4) is 0 Å². The zero-order valence-corrected chi connectivity index (χ0v) is 20.4. The van der Waals surface area contributed by atoms with Gasteiger partial charge in [0, 0.05) is 23.6 Å². The van der Waals surface area contributed by atoms with Gasteiger partial charge in [-0.05, 0) is 49.2 Å². The number of carbonyl (C=O) groups excluding carboxylic acids is 1. The first-order chi connectivity index (χ1) is 15.1. The lowest BCUT2D eigenvalue weighted by molar-refractivity contribution is 0.0290. The molecule has 2 heterocycles. The Morgan fingerprint density at radius 2 is 2.28 bits per heavy atom. The van der Waals surface area contributed by atoms with Gasteiger partial charge in [0.1, 0.15) is 23.6 Å². The minimum absolute atomic E-state index is 0.00216. The molecule has 32 heavy (non-hydrogen) atoms. The van der Waals surface area contributed by atoms with Gasteiger partial charge in [0.25, 0.3) is 5.56 Å². The average Bonchev–Trinajstić information content (AvgIpc) is 3.16. The lowest BCUT2D eigenvalue weighted by atomic mass is 10.2. The van der Waals surface area contributed by atoms with E-state index < -0.39 is 5.60 Å². The third-order valence-electron chi connectivity index (χ3n) is 4.83. The van der Waals surface area contributed by atoms with Crippen LogP contribution in [0.15, 0.2) is 21.7 Å². The summed E-state index contributed by atoms with van der Waals surface area (Å²) in [4.78, 5) is 36.5. The smallest absolute Gasteiger partial charge is 0.410 e. The number of carbonyl (C=O) groups is 1. The molecule has 9 nitrogen and oxygen atoms in total. The third-order valence-corrected chi connectivity index (χ3v) is 6.06. The van der Waals surface area contributed by atoms with Crippen molar-refractivity contribution in [3.63, 3.8) is 0 Å². The highest BCUT2D eigenvalue weighted by Crippen LogP contribution is 2.37. The van der Waals surface area contributed by atoms with Gasteiger partial charge >= 0.3 is 6.09 Å². The SMILES string of the molecule is [C-]#[N+]C[C@@H](COc1c(Cl)c(Br)cc2nc[nH]c(=O)c12)NC1CCN(C(=O)OC(C)(C)C)C1. The number of fused-ring (bicyclic) bond motifs is 1. The highest BCUT2D eigenvalue weighted by molar-refractivity contribution is 9.10. The molecule has 0 bridgehead atoms. The summed E-state index contributed by atoms with van der Waals surface area (Å²) < 4.78 is 11.9. The monoisotopic (exact) mass is 525 g/mol. The summed E-state index contributed by atoms with van der Waals surface area (Å²) in [6.45, 7) is 14.1. The van der Waals surface area contributed by atoms with Gasteiger partial charge in [0.2, 0.25) is 6.54 Å². The van der Waals surface area contributed by atoms with Crippen molar-refractivity contribution >= 4 is 44.5 Å². The van der Waals surface area contributed by atoms with Gasteiger partial charge in [-0.1, -0.05) is 11.6 Å². The van der Waals surface area contributed by atoms with Crippen LogP contribution >= 0.6 is 27.5 Å². The first-order valence-electron chi connectivity index (χ1n) is 10.1. The number of ether oxygens (including phenoxy) is 2. The molecule has 2 aromatic rings. The molecule has 11 heteroatoms. The van der Waals surface area contributed by atoms with Crippen LogP contribution in [0.25, 0.3) is 15.7 Å². The van der Waals surface area contributed by atoms with Crippen molar-refractivity contribution in [2.45, 2.75) is 44.9 Å². The number of nitrogens with one attached hydrogen (secondary N) is 2. The summed E-state index contributed by atoms with van der Waals surface area (Å²) in [7, 11) is 0. The Morgan fingerprint density at radius 3 is 2.97 bits per heavy atom. The summed E-state index contributed by atoms with van der Waals surface area (Å²) in [5.41, 5.74) is -0.474. The summed E-state index contributed by atoms with van der Waals surface area (Å²) in [5, 5.41) is 3.90. The second-order valence-electron chi connectivity index (χ2n) is 8.55. The first kappa shape index (κ1) is 24.3. The molecule has 1 aromatic carbocycles. The number of benzene rings is 1. The van der Waals surface area contributed by atoms with Gasteiger partial charge in [-0.3, -0.25) is 10.1 Å². The molecule has 172 valence electrons. The number of nitrogens with zero attached hydrogens (tertiary/aromatic N) is 3. The zero-order valence-electron chi connectivity index (χ0n) is 18.1. The number of rotatable bonds is 6. The molecule has 1 aromatic heterocycles. The molecule has 0 saturated carbocycles. The molecule has 0 radical (unpaired) electrons. The fraction of sp³-hybridized carbons (Fsp3) is 0.524. The Bertz CT molecular complexity index is 1090. The Labute approximate surface area is 199 Å². The molecule has 1 amide bonds. The molecular formula is C21H25BrClN5O4. The van der Waals surface area contributed by atoms with E-state index in [2.05, 4.69) is 36.1 Å². The van der Waals surface area contributed by atoms with Crippen LogP contribution in [-0.4, -0.2) is 64.9 Å². The van der Waals surface area contributed by atoms with E-state index in [0.29, 0.717) is 23.1 Å². The van der Waals surface area contributed by atoms with Crippen molar-refractivity contribution in [1.82, 2.24) is 20.2 Å². The molecule has 2 atom stereocenters. The number of amides is 1. The topological polar surface area (TPSA) is 101 Å². The van der Waals surface area contributed by atoms with Crippen molar-refractivity contribution < 1.29 is 14.3 Å². The number of hydrogen-bond donors (Lipinski definition) is 2. The highest BCUT2D eigenvalue weighted by atomic mass is 79.9. The fourth-order valence-electron chi connectivity index (χ4n) is 3.45. The molecule has 3 rings (SSSR count). The van der Waals surface area contributed by atoms with Crippen molar-refractivity contribution in [1.29, 1.82) is 0 Å². The molecule has 1 fully saturated rings. The lowest BCUT2D eigenvalue weighted by Crippen LogP contribution is -2.45. The van der Waals surface area contributed by atoms with E-state index in [-0.39, 0.29) is 53.0 Å². The molecule has 1 aliphatic rings. The van der Waals surface area contributed by atoms with E-state index in [9.17, 15) is 9.59 Å². The Balaban J connectivity index is 1.69. The standard InChI is InChI=1S/C21H25BrClN5O4/c1-21(2,3)32-20(30)28-6-5-12(9-28)27-13(8-24-4)10-31-18-16-15(7-14(22)17(18)23)25-11-26-19(16)29/h7,11-13,27H,5-6,8-10H2,1-3H3,(H,25,26,29)/t12?,13-/m0/s1. The van der Waals surface area contributed by atoms with E-state index in [1.165, 1.54) is 6.33 Å². The normalized spacial score (nSPS) is 17.2. The van der Waals surface area contributed by atoms with Gasteiger partial charge in [-0.15, -0.1) is 0 Å². The maximum atomic E-state index is 12.3. The van der Waals surface area contributed by atoms with Crippen molar-refractivity contribution in [3.05, 3.63) is 43.7 Å². The number of H-pyrrole nitrogens is 1. The van der Waals surface area contributed by atoms with Gasteiger partial charge in [-0.2, -0.15) is 0 Å². The summed E-state index contributed by atoms with van der Waals surface area (Å²) in [6.07, 6.45) is 1.70.